The topological polar surface area (TPSA) is 91.7 Å². The first-order valence-corrected chi connectivity index (χ1v) is 9.86. The van der Waals surface area contributed by atoms with Crippen LogP contribution < -0.4 is 0 Å². The Bertz CT molecular complexity index is 682. The number of Topliss-reactive ketones (excluding diaryl/α,β-unsaturated/α-hetero) is 2. The smallest absolute Gasteiger partial charge is 0.162 e. The van der Waals surface area contributed by atoms with Gasteiger partial charge in [0.25, 0.3) is 0 Å². The highest BCUT2D eigenvalue weighted by Gasteiger charge is 2.64. The van der Waals surface area contributed by atoms with Gasteiger partial charge in [0, 0.05) is 24.2 Å². The van der Waals surface area contributed by atoms with Gasteiger partial charge in [-0.3, -0.25) is 9.59 Å². The molecule has 0 saturated heterocycles. The molecule has 3 fully saturated rings. The molecule has 7 unspecified atom stereocenters. The predicted molar refractivity (Wildman–Crippen MR) is 94.1 cm³/mol. The van der Waals surface area contributed by atoms with Crippen molar-refractivity contribution in [1.82, 2.24) is 0 Å². The molecule has 5 heteroatoms. The predicted octanol–water partition coefficient (Wildman–Crippen LogP) is 1.85. The molecule has 7 atom stereocenters. The molecule has 0 aliphatic heterocycles. The van der Waals surface area contributed by atoms with E-state index in [0.717, 1.165) is 31.1 Å². The first-order chi connectivity index (χ1) is 12.4. The number of aldehydes is 1. The Kier molecular flexibility index (Phi) is 4.23. The molecular weight excluding hydrogens is 332 g/mol. The van der Waals surface area contributed by atoms with E-state index in [1.807, 2.05) is 0 Å². The maximum atomic E-state index is 12.3. The van der Waals surface area contributed by atoms with Gasteiger partial charge >= 0.3 is 0 Å². The SMILES string of the molecule is CC12CCC(=O)CC1=CCC1C2C(O)CC2(C=O)C(C(=O)CO)CCC12. The lowest BCUT2D eigenvalue weighted by atomic mass is 9.46. The fraction of sp³-hybridized carbons (Fsp3) is 0.762. The van der Waals surface area contributed by atoms with E-state index < -0.39 is 24.0 Å². The monoisotopic (exact) mass is 360 g/mol. The zero-order valence-corrected chi connectivity index (χ0v) is 15.3. The second-order valence-corrected chi connectivity index (χ2v) is 9.15. The van der Waals surface area contributed by atoms with Crippen molar-refractivity contribution in [3.8, 4) is 0 Å². The summed E-state index contributed by atoms with van der Waals surface area (Å²) < 4.78 is 0. The Morgan fingerprint density at radius 1 is 1.38 bits per heavy atom. The second kappa shape index (κ2) is 6.10. The van der Waals surface area contributed by atoms with Gasteiger partial charge < -0.3 is 15.0 Å². The first-order valence-electron chi connectivity index (χ1n) is 9.86. The van der Waals surface area contributed by atoms with Crippen LogP contribution in [0.5, 0.6) is 0 Å². The molecule has 4 aliphatic carbocycles. The fourth-order valence-electron chi connectivity index (χ4n) is 7.10. The number of carbonyl (C=O) groups excluding carboxylic acids is 3. The normalized spacial score (nSPS) is 47.4. The van der Waals surface area contributed by atoms with Crippen molar-refractivity contribution in [3.63, 3.8) is 0 Å². The minimum Gasteiger partial charge on any atom is -0.393 e. The third kappa shape index (κ3) is 2.26. The Hall–Kier alpha value is -1.33. The molecule has 0 aromatic rings. The molecule has 0 aromatic carbocycles. The van der Waals surface area contributed by atoms with Gasteiger partial charge in [-0.2, -0.15) is 0 Å². The molecule has 4 aliphatic rings. The van der Waals surface area contributed by atoms with E-state index in [0.29, 0.717) is 25.7 Å². The number of fused-ring (bicyclic) bond motifs is 5. The van der Waals surface area contributed by atoms with Crippen LogP contribution >= 0.6 is 0 Å². The standard InChI is InChI=1S/C21H28O5/c1-20-7-6-13(24)8-12(20)2-3-14-15-4-5-16(18(26)10-22)21(15,11-23)9-17(25)19(14)20/h2,11,14-17,19,22,25H,3-10H2,1H3. The van der Waals surface area contributed by atoms with Crippen molar-refractivity contribution in [1.29, 1.82) is 0 Å². The highest BCUT2D eigenvalue weighted by molar-refractivity contribution is 5.87. The summed E-state index contributed by atoms with van der Waals surface area (Å²) in [5.41, 5.74) is 0.130. The van der Waals surface area contributed by atoms with E-state index in [9.17, 15) is 24.6 Å². The van der Waals surface area contributed by atoms with Gasteiger partial charge in [-0.1, -0.05) is 18.6 Å². The van der Waals surface area contributed by atoms with Gasteiger partial charge in [-0.25, -0.2) is 0 Å². The van der Waals surface area contributed by atoms with Crippen LogP contribution in [-0.2, 0) is 14.4 Å². The van der Waals surface area contributed by atoms with Gasteiger partial charge in [-0.05, 0) is 55.3 Å². The summed E-state index contributed by atoms with van der Waals surface area (Å²) in [7, 11) is 0. The van der Waals surface area contributed by atoms with Crippen molar-refractivity contribution in [2.75, 3.05) is 6.61 Å². The molecule has 0 radical (unpaired) electrons. The summed E-state index contributed by atoms with van der Waals surface area (Å²) in [5.74, 6) is -0.210. The van der Waals surface area contributed by atoms with Gasteiger partial charge in [-0.15, -0.1) is 0 Å². The summed E-state index contributed by atoms with van der Waals surface area (Å²) in [5, 5.41) is 20.5. The van der Waals surface area contributed by atoms with E-state index in [1.54, 1.807) is 0 Å². The van der Waals surface area contributed by atoms with Crippen LogP contribution in [0.1, 0.15) is 51.9 Å². The summed E-state index contributed by atoms with van der Waals surface area (Å²) >= 11 is 0. The van der Waals surface area contributed by atoms with Crippen molar-refractivity contribution >= 4 is 17.9 Å². The van der Waals surface area contributed by atoms with Crippen LogP contribution in [0.3, 0.4) is 0 Å². The molecule has 3 saturated carbocycles. The summed E-state index contributed by atoms with van der Waals surface area (Å²) in [6.45, 7) is 1.63. The lowest BCUT2D eigenvalue weighted by molar-refractivity contribution is -0.155. The third-order valence-corrected chi connectivity index (χ3v) is 8.24. The van der Waals surface area contributed by atoms with Crippen LogP contribution in [0.4, 0.5) is 0 Å². The molecular formula is C21H28O5. The van der Waals surface area contributed by atoms with Crippen molar-refractivity contribution < 1.29 is 24.6 Å². The third-order valence-electron chi connectivity index (χ3n) is 8.24. The minimum atomic E-state index is -0.841. The number of allylic oxidation sites excluding steroid dienone is 2. The molecule has 142 valence electrons. The van der Waals surface area contributed by atoms with Crippen LogP contribution in [0.15, 0.2) is 11.6 Å². The van der Waals surface area contributed by atoms with Gasteiger partial charge in [0.1, 0.15) is 18.7 Å². The molecule has 0 aromatic heterocycles. The lowest BCUT2D eigenvalue weighted by Gasteiger charge is -2.58. The molecule has 0 heterocycles. The minimum absolute atomic E-state index is 0.0386. The maximum absolute atomic E-state index is 12.3. The molecule has 5 nitrogen and oxygen atoms in total. The van der Waals surface area contributed by atoms with Gasteiger partial charge in [0.2, 0.25) is 0 Å². The first kappa shape index (κ1) is 18.1. The number of carbonyl (C=O) groups is 3. The quantitative estimate of drug-likeness (QED) is 0.592. The van der Waals surface area contributed by atoms with E-state index in [-0.39, 0.29) is 34.7 Å². The molecule has 0 amide bonds. The van der Waals surface area contributed by atoms with Crippen LogP contribution in [0.25, 0.3) is 0 Å². The zero-order valence-electron chi connectivity index (χ0n) is 15.3. The van der Waals surface area contributed by atoms with E-state index >= 15 is 0 Å². The van der Waals surface area contributed by atoms with Gasteiger partial charge in [0.05, 0.1) is 6.10 Å². The Labute approximate surface area is 153 Å². The fourth-order valence-corrected chi connectivity index (χ4v) is 7.10. The molecule has 0 bridgehead atoms. The summed E-state index contributed by atoms with van der Waals surface area (Å²) in [4.78, 5) is 36.4. The average Bonchev–Trinajstić information content (AvgIpc) is 3.00. The van der Waals surface area contributed by atoms with Crippen molar-refractivity contribution in [2.45, 2.75) is 58.0 Å². The second-order valence-electron chi connectivity index (χ2n) is 9.15. The maximum Gasteiger partial charge on any atom is 0.162 e. The number of aliphatic hydroxyl groups is 2. The largest absolute Gasteiger partial charge is 0.393 e. The number of hydrogen-bond acceptors (Lipinski definition) is 5. The van der Waals surface area contributed by atoms with E-state index in [2.05, 4.69) is 13.0 Å². The number of ketones is 2. The highest BCUT2D eigenvalue weighted by atomic mass is 16.3. The Morgan fingerprint density at radius 2 is 2.15 bits per heavy atom. The molecule has 0 spiro atoms. The average molecular weight is 360 g/mol. The van der Waals surface area contributed by atoms with Crippen LogP contribution in [0.2, 0.25) is 0 Å². The Morgan fingerprint density at radius 3 is 2.85 bits per heavy atom. The van der Waals surface area contributed by atoms with Gasteiger partial charge in [0.15, 0.2) is 5.78 Å². The lowest BCUT2D eigenvalue weighted by Crippen LogP contribution is -2.58. The zero-order chi connectivity index (χ0) is 18.7. The van der Waals surface area contributed by atoms with E-state index in [4.69, 9.17) is 0 Å². The van der Waals surface area contributed by atoms with Crippen LogP contribution in [0, 0.1) is 34.5 Å². The Balaban J connectivity index is 1.74. The van der Waals surface area contributed by atoms with Crippen molar-refractivity contribution in [2.24, 2.45) is 34.5 Å². The highest BCUT2D eigenvalue weighted by Crippen LogP contribution is 2.65. The number of hydrogen-bond donors (Lipinski definition) is 2. The van der Waals surface area contributed by atoms with E-state index in [1.165, 1.54) is 0 Å². The molecule has 2 N–H and O–H groups in total. The number of rotatable bonds is 3. The molecule has 26 heavy (non-hydrogen) atoms. The summed E-state index contributed by atoms with van der Waals surface area (Å²) in [6.07, 6.45) is 6.70. The summed E-state index contributed by atoms with van der Waals surface area (Å²) in [6, 6.07) is 0. The number of aliphatic hydroxyl groups excluding tert-OH is 2. The van der Waals surface area contributed by atoms with Crippen molar-refractivity contribution in [3.05, 3.63) is 11.6 Å². The van der Waals surface area contributed by atoms with Crippen LogP contribution in [-0.4, -0.2) is 40.8 Å². The molecule has 4 rings (SSSR count).